The van der Waals surface area contributed by atoms with E-state index < -0.39 is 11.8 Å². The van der Waals surface area contributed by atoms with Crippen molar-refractivity contribution in [1.29, 1.82) is 0 Å². The van der Waals surface area contributed by atoms with Gasteiger partial charge in [0.1, 0.15) is 6.42 Å². The Bertz CT molecular complexity index is 774. The van der Waals surface area contributed by atoms with Crippen LogP contribution >= 0.6 is 0 Å². The molecule has 0 saturated carbocycles. The largest absolute Gasteiger partial charge is 0.466 e. The molecule has 0 unspecified atom stereocenters. The van der Waals surface area contributed by atoms with E-state index in [1.807, 2.05) is 6.92 Å². The standard InChI is InChI=1S/C22H31N3O6/c1-16(23-3)13-20(27)14-18-5-7-19(8-6-18)25-22(29)15-21(28)24-9-12-30-10-4-11-31-17(2)26/h5-8,13,23H,4,9-12,14-15H2,1-3H3,(H,24,28)(H,25,29)/b16-13-. The van der Waals surface area contributed by atoms with E-state index in [2.05, 4.69) is 16.0 Å². The quantitative estimate of drug-likeness (QED) is 0.175. The fraction of sp³-hybridized carbons (Fsp3) is 0.455. The van der Waals surface area contributed by atoms with E-state index in [1.54, 1.807) is 37.4 Å². The zero-order chi connectivity index (χ0) is 23.1. The number of ether oxygens (including phenoxy) is 2. The number of rotatable bonds is 14. The maximum Gasteiger partial charge on any atom is 0.302 e. The van der Waals surface area contributed by atoms with Crippen molar-refractivity contribution in [3.8, 4) is 0 Å². The normalized spacial score (nSPS) is 10.9. The first-order valence-electron chi connectivity index (χ1n) is 10.1. The summed E-state index contributed by atoms with van der Waals surface area (Å²) in [6, 6.07) is 6.90. The van der Waals surface area contributed by atoms with Gasteiger partial charge in [0.15, 0.2) is 5.78 Å². The van der Waals surface area contributed by atoms with Crippen LogP contribution in [0.3, 0.4) is 0 Å². The molecule has 0 heterocycles. The minimum atomic E-state index is -0.434. The van der Waals surface area contributed by atoms with Crippen molar-refractivity contribution < 1.29 is 28.7 Å². The van der Waals surface area contributed by atoms with Gasteiger partial charge >= 0.3 is 5.97 Å². The summed E-state index contributed by atoms with van der Waals surface area (Å²) in [5, 5.41) is 8.15. The lowest BCUT2D eigenvalue weighted by molar-refractivity contribution is -0.141. The average Bonchev–Trinajstić information content (AvgIpc) is 2.70. The Morgan fingerprint density at radius 1 is 0.968 bits per heavy atom. The third-order valence-electron chi connectivity index (χ3n) is 4.02. The molecule has 0 radical (unpaired) electrons. The van der Waals surface area contributed by atoms with Gasteiger partial charge in [-0.15, -0.1) is 0 Å². The Hall–Kier alpha value is -3.20. The van der Waals surface area contributed by atoms with Crippen LogP contribution in [0.2, 0.25) is 0 Å². The molecule has 0 aromatic heterocycles. The van der Waals surface area contributed by atoms with Crippen molar-refractivity contribution in [2.45, 2.75) is 33.1 Å². The van der Waals surface area contributed by atoms with Crippen LogP contribution < -0.4 is 16.0 Å². The monoisotopic (exact) mass is 433 g/mol. The smallest absolute Gasteiger partial charge is 0.302 e. The number of amides is 2. The van der Waals surface area contributed by atoms with Crippen LogP contribution in [-0.2, 0) is 35.1 Å². The molecule has 1 aromatic carbocycles. The van der Waals surface area contributed by atoms with Crippen molar-refractivity contribution in [3.05, 3.63) is 41.6 Å². The van der Waals surface area contributed by atoms with Crippen LogP contribution in [0.5, 0.6) is 0 Å². The molecule has 0 atom stereocenters. The van der Waals surface area contributed by atoms with Gasteiger partial charge in [-0.1, -0.05) is 12.1 Å². The molecule has 9 nitrogen and oxygen atoms in total. The van der Waals surface area contributed by atoms with Crippen molar-refractivity contribution >= 4 is 29.3 Å². The molecule has 1 rings (SSSR count). The van der Waals surface area contributed by atoms with Crippen molar-refractivity contribution in [1.82, 2.24) is 10.6 Å². The predicted molar refractivity (Wildman–Crippen MR) is 116 cm³/mol. The summed E-state index contributed by atoms with van der Waals surface area (Å²) >= 11 is 0. The minimum absolute atomic E-state index is 0.0197. The first-order valence-corrected chi connectivity index (χ1v) is 10.1. The van der Waals surface area contributed by atoms with Crippen molar-refractivity contribution in [3.63, 3.8) is 0 Å². The summed E-state index contributed by atoms with van der Waals surface area (Å²) in [5.41, 5.74) is 2.17. The number of nitrogens with one attached hydrogen (secondary N) is 3. The van der Waals surface area contributed by atoms with Gasteiger partial charge in [-0.2, -0.15) is 0 Å². The summed E-state index contributed by atoms with van der Waals surface area (Å²) in [5.74, 6) is -1.19. The van der Waals surface area contributed by atoms with E-state index in [0.29, 0.717) is 31.9 Å². The highest BCUT2D eigenvalue weighted by molar-refractivity contribution is 6.03. The molecule has 31 heavy (non-hydrogen) atoms. The second-order valence-electron chi connectivity index (χ2n) is 6.80. The highest BCUT2D eigenvalue weighted by atomic mass is 16.5. The van der Waals surface area contributed by atoms with Gasteiger partial charge in [0, 0.05) is 57.4 Å². The number of hydrogen-bond donors (Lipinski definition) is 3. The number of hydrogen-bond acceptors (Lipinski definition) is 7. The van der Waals surface area contributed by atoms with E-state index in [-0.39, 0.29) is 31.1 Å². The number of ketones is 1. The van der Waals surface area contributed by atoms with Crippen LogP contribution in [0.15, 0.2) is 36.0 Å². The molecule has 2 amide bonds. The minimum Gasteiger partial charge on any atom is -0.466 e. The zero-order valence-electron chi connectivity index (χ0n) is 18.3. The number of carbonyl (C=O) groups is 4. The lowest BCUT2D eigenvalue weighted by Crippen LogP contribution is -2.30. The predicted octanol–water partition coefficient (Wildman–Crippen LogP) is 1.34. The lowest BCUT2D eigenvalue weighted by Gasteiger charge is -2.08. The maximum atomic E-state index is 12.0. The van der Waals surface area contributed by atoms with Gasteiger partial charge in [-0.25, -0.2) is 0 Å². The van der Waals surface area contributed by atoms with E-state index in [0.717, 1.165) is 11.3 Å². The molecule has 0 bridgehead atoms. The van der Waals surface area contributed by atoms with Gasteiger partial charge in [-0.05, 0) is 24.6 Å². The summed E-state index contributed by atoms with van der Waals surface area (Å²) < 4.78 is 10.1. The number of esters is 1. The SMILES string of the molecule is CN/C(C)=C\C(=O)Cc1ccc(NC(=O)CC(=O)NCCOCCCOC(C)=O)cc1. The van der Waals surface area contributed by atoms with Crippen LogP contribution in [-0.4, -0.2) is 57.0 Å². The Morgan fingerprint density at radius 3 is 2.32 bits per heavy atom. The van der Waals surface area contributed by atoms with Crippen molar-refractivity contribution in [2.24, 2.45) is 0 Å². The first kappa shape index (κ1) is 25.8. The third-order valence-corrected chi connectivity index (χ3v) is 4.02. The maximum absolute atomic E-state index is 12.0. The number of allylic oxidation sites excluding steroid dienone is 2. The van der Waals surface area contributed by atoms with E-state index >= 15 is 0 Å². The van der Waals surface area contributed by atoms with Gasteiger partial charge in [0.25, 0.3) is 0 Å². The molecule has 0 aliphatic rings. The Morgan fingerprint density at radius 2 is 1.68 bits per heavy atom. The zero-order valence-corrected chi connectivity index (χ0v) is 18.3. The third kappa shape index (κ3) is 12.9. The van der Waals surface area contributed by atoms with Crippen LogP contribution in [0, 0.1) is 0 Å². The molecule has 0 spiro atoms. The second-order valence-corrected chi connectivity index (χ2v) is 6.80. The molecule has 0 aliphatic carbocycles. The molecule has 0 fully saturated rings. The highest BCUT2D eigenvalue weighted by Gasteiger charge is 2.09. The number of benzene rings is 1. The lowest BCUT2D eigenvalue weighted by atomic mass is 10.1. The van der Waals surface area contributed by atoms with Crippen LogP contribution in [0.4, 0.5) is 5.69 Å². The molecule has 3 N–H and O–H groups in total. The summed E-state index contributed by atoms with van der Waals surface area (Å²) in [7, 11) is 1.75. The van der Waals surface area contributed by atoms with Gasteiger partial charge < -0.3 is 25.4 Å². The van der Waals surface area contributed by atoms with Gasteiger partial charge in [-0.3, -0.25) is 19.2 Å². The Labute approximate surface area is 182 Å². The Balaban J connectivity index is 2.24. The molecule has 1 aromatic rings. The van der Waals surface area contributed by atoms with E-state index in [1.165, 1.54) is 6.92 Å². The highest BCUT2D eigenvalue weighted by Crippen LogP contribution is 2.11. The average molecular weight is 434 g/mol. The molecule has 170 valence electrons. The number of carbonyl (C=O) groups excluding carboxylic acids is 4. The summed E-state index contributed by atoms with van der Waals surface area (Å²) in [6.07, 6.45) is 2.08. The summed E-state index contributed by atoms with van der Waals surface area (Å²) in [4.78, 5) is 46.3. The fourth-order valence-electron chi connectivity index (χ4n) is 2.43. The van der Waals surface area contributed by atoms with E-state index in [4.69, 9.17) is 9.47 Å². The summed E-state index contributed by atoms with van der Waals surface area (Å²) in [6.45, 7) is 4.45. The Kier molecular flexibility index (Phi) is 12.3. The van der Waals surface area contributed by atoms with Gasteiger partial charge in [0.2, 0.25) is 11.8 Å². The first-order chi connectivity index (χ1) is 14.8. The number of anilines is 1. The topological polar surface area (TPSA) is 123 Å². The molecular formula is C22H31N3O6. The van der Waals surface area contributed by atoms with Crippen LogP contribution in [0.1, 0.15) is 32.3 Å². The van der Waals surface area contributed by atoms with Gasteiger partial charge in [0.05, 0.1) is 13.2 Å². The molecule has 0 aliphatic heterocycles. The van der Waals surface area contributed by atoms with Crippen molar-refractivity contribution in [2.75, 3.05) is 38.7 Å². The van der Waals surface area contributed by atoms with Crippen LogP contribution in [0.25, 0.3) is 0 Å². The molecule has 9 heteroatoms. The molecular weight excluding hydrogens is 402 g/mol. The van der Waals surface area contributed by atoms with E-state index in [9.17, 15) is 19.2 Å². The fourth-order valence-corrected chi connectivity index (χ4v) is 2.43. The molecule has 0 saturated heterocycles. The second kappa shape index (κ2) is 14.7.